The second-order valence-electron chi connectivity index (χ2n) is 4.73. The molecular weight excluding hydrogens is 252 g/mol. The van der Waals surface area contributed by atoms with Crippen LogP contribution in [0.2, 0.25) is 0 Å². The highest BCUT2D eigenvalue weighted by molar-refractivity contribution is 5.96. The van der Waals surface area contributed by atoms with Crippen LogP contribution in [0.15, 0.2) is 42.5 Å². The van der Waals surface area contributed by atoms with E-state index in [0.717, 1.165) is 28.9 Å². The fourth-order valence-electron chi connectivity index (χ4n) is 2.04. The third kappa shape index (κ3) is 3.18. The summed E-state index contributed by atoms with van der Waals surface area (Å²) in [5.74, 6) is -0.102. The van der Waals surface area contributed by atoms with Gasteiger partial charge in [0.2, 0.25) is 0 Å². The first-order valence-corrected chi connectivity index (χ1v) is 6.69. The van der Waals surface area contributed by atoms with Gasteiger partial charge in [-0.2, -0.15) is 0 Å². The number of benzene rings is 2. The third-order valence-corrected chi connectivity index (χ3v) is 3.04. The van der Waals surface area contributed by atoms with Gasteiger partial charge in [-0.1, -0.05) is 36.8 Å². The Labute approximate surface area is 118 Å². The van der Waals surface area contributed by atoms with Crippen LogP contribution in [-0.2, 0) is 0 Å². The average molecular weight is 270 g/mol. The van der Waals surface area contributed by atoms with Gasteiger partial charge in [-0.15, -0.1) is 0 Å². The van der Waals surface area contributed by atoms with Crippen LogP contribution in [0.5, 0.6) is 5.75 Å². The Morgan fingerprint density at radius 2 is 1.85 bits per heavy atom. The number of rotatable bonds is 5. The van der Waals surface area contributed by atoms with E-state index in [4.69, 9.17) is 4.74 Å². The molecule has 0 radical (unpaired) electrons. The molecule has 3 heteroatoms. The molecule has 0 saturated carbocycles. The molecule has 2 aromatic carbocycles. The molecule has 0 aliphatic heterocycles. The van der Waals surface area contributed by atoms with Crippen molar-refractivity contribution in [3.63, 3.8) is 0 Å². The molecule has 0 saturated heterocycles. The number of aromatic carboxylic acids is 1. The highest BCUT2D eigenvalue weighted by Crippen LogP contribution is 2.26. The highest BCUT2D eigenvalue weighted by Gasteiger charge is 2.11. The smallest absolute Gasteiger partial charge is 0.336 e. The summed E-state index contributed by atoms with van der Waals surface area (Å²) >= 11 is 0. The number of ether oxygens (including phenoxy) is 1. The van der Waals surface area contributed by atoms with Gasteiger partial charge >= 0.3 is 5.97 Å². The van der Waals surface area contributed by atoms with Crippen LogP contribution in [0.4, 0.5) is 0 Å². The fourth-order valence-corrected chi connectivity index (χ4v) is 2.04. The fraction of sp³-hybridized carbons (Fsp3) is 0.235. The largest absolute Gasteiger partial charge is 0.494 e. The second kappa shape index (κ2) is 6.24. The lowest BCUT2D eigenvalue weighted by molar-refractivity contribution is 0.0697. The van der Waals surface area contributed by atoms with E-state index < -0.39 is 5.97 Å². The molecule has 104 valence electrons. The number of hydrogen-bond acceptors (Lipinski definition) is 2. The second-order valence-corrected chi connectivity index (χ2v) is 4.73. The van der Waals surface area contributed by atoms with E-state index in [9.17, 15) is 9.90 Å². The Morgan fingerprint density at radius 1 is 1.15 bits per heavy atom. The molecule has 0 aromatic heterocycles. The van der Waals surface area contributed by atoms with Crippen LogP contribution in [0.1, 0.15) is 29.3 Å². The summed E-state index contributed by atoms with van der Waals surface area (Å²) in [7, 11) is 0. The summed E-state index contributed by atoms with van der Waals surface area (Å²) in [6.45, 7) is 4.63. The zero-order valence-electron chi connectivity index (χ0n) is 11.7. The van der Waals surface area contributed by atoms with Crippen molar-refractivity contribution in [3.8, 4) is 16.9 Å². The van der Waals surface area contributed by atoms with Gasteiger partial charge in [0, 0.05) is 0 Å². The molecule has 0 aliphatic rings. The first-order valence-electron chi connectivity index (χ1n) is 6.69. The highest BCUT2D eigenvalue weighted by atomic mass is 16.5. The number of aryl methyl sites for hydroxylation is 1. The van der Waals surface area contributed by atoms with Gasteiger partial charge in [-0.05, 0) is 42.7 Å². The van der Waals surface area contributed by atoms with Crippen LogP contribution in [0.25, 0.3) is 11.1 Å². The Bertz CT molecular complexity index is 600. The normalized spacial score (nSPS) is 10.3. The molecule has 0 heterocycles. The molecule has 0 atom stereocenters. The maximum Gasteiger partial charge on any atom is 0.336 e. The maximum absolute atomic E-state index is 11.3. The monoisotopic (exact) mass is 270 g/mol. The average Bonchev–Trinajstić information content (AvgIpc) is 2.45. The maximum atomic E-state index is 11.3. The van der Waals surface area contributed by atoms with Crippen molar-refractivity contribution < 1.29 is 14.6 Å². The Hall–Kier alpha value is -2.29. The van der Waals surface area contributed by atoms with E-state index in [1.54, 1.807) is 6.07 Å². The molecule has 3 nitrogen and oxygen atoms in total. The van der Waals surface area contributed by atoms with Crippen molar-refractivity contribution in [2.45, 2.75) is 20.3 Å². The molecule has 2 rings (SSSR count). The molecule has 0 amide bonds. The summed E-state index contributed by atoms with van der Waals surface area (Å²) < 4.78 is 5.53. The summed E-state index contributed by atoms with van der Waals surface area (Å²) in [5, 5.41) is 9.30. The minimum atomic E-state index is -0.907. The van der Waals surface area contributed by atoms with Crippen LogP contribution in [0, 0.1) is 6.92 Å². The first-order chi connectivity index (χ1) is 9.61. The molecule has 2 aromatic rings. The van der Waals surface area contributed by atoms with Crippen molar-refractivity contribution in [1.82, 2.24) is 0 Å². The number of carbonyl (C=O) groups is 1. The summed E-state index contributed by atoms with van der Waals surface area (Å²) in [6.07, 6.45) is 0.961. The van der Waals surface area contributed by atoms with Gasteiger partial charge in [0.15, 0.2) is 0 Å². The van der Waals surface area contributed by atoms with Crippen LogP contribution >= 0.6 is 0 Å². The predicted octanol–water partition coefficient (Wildman–Crippen LogP) is 4.15. The molecule has 0 spiro atoms. The summed E-state index contributed by atoms with van der Waals surface area (Å²) in [6, 6.07) is 13.0. The van der Waals surface area contributed by atoms with Crippen molar-refractivity contribution >= 4 is 5.97 Å². The molecule has 0 fully saturated rings. The standard InChI is InChI=1S/C17H18O3/c1-3-10-20-14-7-5-13(6-8-14)15-9-4-12(2)11-16(15)17(18)19/h4-9,11H,3,10H2,1-2H3,(H,18,19). The topological polar surface area (TPSA) is 46.5 Å². The molecule has 0 aliphatic carbocycles. The lowest BCUT2D eigenvalue weighted by atomic mass is 9.98. The van der Waals surface area contributed by atoms with Crippen LogP contribution in [0.3, 0.4) is 0 Å². The van der Waals surface area contributed by atoms with Gasteiger partial charge in [0.05, 0.1) is 12.2 Å². The van der Waals surface area contributed by atoms with Gasteiger partial charge in [-0.3, -0.25) is 0 Å². The zero-order valence-corrected chi connectivity index (χ0v) is 11.7. The van der Waals surface area contributed by atoms with Crippen molar-refractivity contribution in [2.75, 3.05) is 6.61 Å². The van der Waals surface area contributed by atoms with E-state index in [2.05, 4.69) is 6.92 Å². The van der Waals surface area contributed by atoms with Crippen LogP contribution < -0.4 is 4.74 Å². The van der Waals surface area contributed by atoms with E-state index in [-0.39, 0.29) is 0 Å². The molecular formula is C17H18O3. The SMILES string of the molecule is CCCOc1ccc(-c2ccc(C)cc2C(=O)O)cc1. The number of hydrogen-bond donors (Lipinski definition) is 1. The lowest BCUT2D eigenvalue weighted by Crippen LogP contribution is -2.00. The predicted molar refractivity (Wildman–Crippen MR) is 79.4 cm³/mol. The minimum Gasteiger partial charge on any atom is -0.494 e. The van der Waals surface area contributed by atoms with Crippen molar-refractivity contribution in [3.05, 3.63) is 53.6 Å². The van der Waals surface area contributed by atoms with E-state index >= 15 is 0 Å². The Morgan fingerprint density at radius 3 is 2.45 bits per heavy atom. The van der Waals surface area contributed by atoms with Crippen molar-refractivity contribution in [1.29, 1.82) is 0 Å². The molecule has 0 unspecified atom stereocenters. The molecule has 1 N–H and O–H groups in total. The Kier molecular flexibility index (Phi) is 4.41. The van der Waals surface area contributed by atoms with Gasteiger partial charge in [-0.25, -0.2) is 4.79 Å². The zero-order chi connectivity index (χ0) is 14.5. The van der Waals surface area contributed by atoms with Crippen molar-refractivity contribution in [2.24, 2.45) is 0 Å². The molecule has 0 bridgehead atoms. The number of carboxylic acids is 1. The summed E-state index contributed by atoms with van der Waals surface area (Å²) in [4.78, 5) is 11.3. The molecule has 20 heavy (non-hydrogen) atoms. The minimum absolute atomic E-state index is 0.326. The van der Waals surface area contributed by atoms with E-state index in [1.165, 1.54) is 0 Å². The van der Waals surface area contributed by atoms with Gasteiger partial charge in [0.1, 0.15) is 5.75 Å². The summed E-state index contributed by atoms with van der Waals surface area (Å²) in [5.41, 5.74) is 2.87. The quantitative estimate of drug-likeness (QED) is 0.887. The third-order valence-electron chi connectivity index (χ3n) is 3.04. The lowest BCUT2D eigenvalue weighted by Gasteiger charge is -2.09. The van der Waals surface area contributed by atoms with E-state index in [1.807, 2.05) is 43.3 Å². The van der Waals surface area contributed by atoms with E-state index in [0.29, 0.717) is 12.2 Å². The van der Waals surface area contributed by atoms with Gasteiger partial charge < -0.3 is 9.84 Å². The first kappa shape index (κ1) is 14.1. The van der Waals surface area contributed by atoms with Crippen LogP contribution in [-0.4, -0.2) is 17.7 Å². The van der Waals surface area contributed by atoms with Gasteiger partial charge in [0.25, 0.3) is 0 Å². The Balaban J connectivity index is 2.34. The number of carboxylic acid groups (broad SMARTS) is 1.